The highest BCUT2D eigenvalue weighted by molar-refractivity contribution is 5.85. The number of phenols is 1. The Morgan fingerprint density at radius 2 is 1.73 bits per heavy atom. The van der Waals surface area contributed by atoms with Crippen LogP contribution in [0.4, 0.5) is 0 Å². The van der Waals surface area contributed by atoms with Crippen molar-refractivity contribution < 1.29 is 19.3 Å². The van der Waals surface area contributed by atoms with Crippen molar-refractivity contribution in [1.29, 1.82) is 0 Å². The zero-order valence-electron chi connectivity index (χ0n) is 15.2. The summed E-state index contributed by atoms with van der Waals surface area (Å²) in [6, 6.07) is 8.28. The fourth-order valence-electron chi connectivity index (χ4n) is 4.17. The molecule has 2 aromatic carbocycles. The van der Waals surface area contributed by atoms with Crippen molar-refractivity contribution in [3.8, 4) is 23.0 Å². The van der Waals surface area contributed by atoms with Crippen molar-refractivity contribution in [3.63, 3.8) is 0 Å². The van der Waals surface area contributed by atoms with E-state index in [0.717, 1.165) is 43.0 Å². The molecule has 140 valence electrons. The van der Waals surface area contributed by atoms with E-state index >= 15 is 0 Å². The largest absolute Gasteiger partial charge is 0.504 e. The molecule has 0 unspecified atom stereocenters. The number of hydrogen-bond donors (Lipinski definition) is 1. The van der Waals surface area contributed by atoms with E-state index in [1.807, 2.05) is 6.07 Å². The number of benzene rings is 2. The van der Waals surface area contributed by atoms with E-state index in [9.17, 15) is 5.11 Å². The van der Waals surface area contributed by atoms with Crippen LogP contribution in [0.2, 0.25) is 0 Å². The predicted octanol–water partition coefficient (Wildman–Crippen LogP) is 3.50. The molecule has 26 heavy (non-hydrogen) atoms. The molecule has 0 bridgehead atoms. The zero-order valence-corrected chi connectivity index (χ0v) is 16.1. The summed E-state index contributed by atoms with van der Waals surface area (Å²) in [6.07, 6.45) is 1.87. The van der Waals surface area contributed by atoms with Crippen LogP contribution in [0.3, 0.4) is 0 Å². The van der Waals surface area contributed by atoms with Crippen molar-refractivity contribution in [2.45, 2.75) is 25.4 Å². The maximum absolute atomic E-state index is 10.1. The minimum atomic E-state index is 0. The van der Waals surface area contributed by atoms with Gasteiger partial charge in [-0.15, -0.1) is 12.4 Å². The van der Waals surface area contributed by atoms with Gasteiger partial charge in [0.25, 0.3) is 0 Å². The van der Waals surface area contributed by atoms with Gasteiger partial charge < -0.3 is 19.3 Å². The number of nitrogens with zero attached hydrogens (tertiary/aromatic N) is 1. The second kappa shape index (κ2) is 7.25. The second-order valence-corrected chi connectivity index (χ2v) is 6.60. The first-order valence-corrected chi connectivity index (χ1v) is 8.52. The lowest BCUT2D eigenvalue weighted by atomic mass is 9.83. The highest BCUT2D eigenvalue weighted by Crippen LogP contribution is 2.45. The molecule has 0 saturated heterocycles. The molecule has 4 rings (SSSR count). The lowest BCUT2D eigenvalue weighted by Crippen LogP contribution is -2.39. The van der Waals surface area contributed by atoms with E-state index in [2.05, 4.69) is 17.0 Å². The SMILES string of the molecule is COc1cc2c(cc1OC)[C@@H]1Cc3ccc(O)c(OC)c3CN1CC2.Cl. The molecular weight excluding hydrogens is 354 g/mol. The van der Waals surface area contributed by atoms with Crippen molar-refractivity contribution in [2.24, 2.45) is 0 Å². The Kier molecular flexibility index (Phi) is 5.21. The molecule has 5 nitrogen and oxygen atoms in total. The van der Waals surface area contributed by atoms with Gasteiger partial charge in [0.15, 0.2) is 23.0 Å². The Bertz CT molecular complexity index is 824. The average Bonchev–Trinajstić information content (AvgIpc) is 2.65. The molecule has 0 amide bonds. The standard InChI is InChI=1S/C20H23NO4.ClH/c1-23-18-9-13-6-7-21-11-15-12(4-5-17(22)20(15)25-3)8-16(21)14(13)10-19(18)24-2;/h4-5,9-10,16,22H,6-8,11H2,1-3H3;1H/t16-;/m0./s1. The molecule has 2 aliphatic heterocycles. The molecule has 0 spiro atoms. The van der Waals surface area contributed by atoms with Crippen LogP contribution in [0.25, 0.3) is 0 Å². The van der Waals surface area contributed by atoms with Gasteiger partial charge in [0.1, 0.15) is 0 Å². The predicted molar refractivity (Wildman–Crippen MR) is 102 cm³/mol. The number of fused-ring (bicyclic) bond motifs is 4. The molecule has 2 aliphatic rings. The topological polar surface area (TPSA) is 51.2 Å². The van der Waals surface area contributed by atoms with Gasteiger partial charge in [0.2, 0.25) is 0 Å². The van der Waals surface area contributed by atoms with Crippen LogP contribution in [0, 0.1) is 0 Å². The minimum Gasteiger partial charge on any atom is -0.504 e. The number of halogens is 1. The summed E-state index contributed by atoms with van der Waals surface area (Å²) in [7, 11) is 4.97. The third-order valence-corrected chi connectivity index (χ3v) is 5.43. The Hall–Kier alpha value is -2.11. The fraction of sp³-hybridized carbons (Fsp3) is 0.400. The summed E-state index contributed by atoms with van der Waals surface area (Å²) >= 11 is 0. The summed E-state index contributed by atoms with van der Waals surface area (Å²) in [4.78, 5) is 2.46. The first-order chi connectivity index (χ1) is 12.2. The highest BCUT2D eigenvalue weighted by Gasteiger charge is 2.34. The molecule has 0 fully saturated rings. The lowest BCUT2D eigenvalue weighted by Gasteiger charge is -2.42. The van der Waals surface area contributed by atoms with Crippen LogP contribution in [0.5, 0.6) is 23.0 Å². The first-order valence-electron chi connectivity index (χ1n) is 8.52. The van der Waals surface area contributed by atoms with Gasteiger partial charge in [-0.3, -0.25) is 4.90 Å². The highest BCUT2D eigenvalue weighted by atomic mass is 35.5. The summed E-state index contributed by atoms with van der Waals surface area (Å²) in [5, 5.41) is 10.1. The number of ether oxygens (including phenoxy) is 3. The summed E-state index contributed by atoms with van der Waals surface area (Å²) in [6.45, 7) is 1.76. The maximum Gasteiger partial charge on any atom is 0.165 e. The number of rotatable bonds is 3. The van der Waals surface area contributed by atoms with Crippen LogP contribution in [0.15, 0.2) is 24.3 Å². The van der Waals surface area contributed by atoms with Crippen LogP contribution in [0.1, 0.15) is 28.3 Å². The summed E-state index contributed by atoms with van der Waals surface area (Å²) < 4.78 is 16.4. The Morgan fingerprint density at radius 1 is 1.00 bits per heavy atom. The molecule has 6 heteroatoms. The van der Waals surface area contributed by atoms with Gasteiger partial charge in [0.05, 0.1) is 21.3 Å². The number of methoxy groups -OCH3 is 3. The van der Waals surface area contributed by atoms with Crippen LogP contribution in [-0.2, 0) is 19.4 Å². The molecule has 0 radical (unpaired) electrons. The quantitative estimate of drug-likeness (QED) is 0.887. The van der Waals surface area contributed by atoms with E-state index in [1.54, 1.807) is 27.4 Å². The van der Waals surface area contributed by atoms with E-state index < -0.39 is 0 Å². The monoisotopic (exact) mass is 377 g/mol. The third kappa shape index (κ3) is 2.85. The molecule has 0 aromatic heterocycles. The number of phenolic OH excluding ortho intramolecular Hbond substituents is 1. The van der Waals surface area contributed by atoms with E-state index in [4.69, 9.17) is 14.2 Å². The number of hydrogen-bond acceptors (Lipinski definition) is 5. The van der Waals surface area contributed by atoms with Crippen molar-refractivity contribution in [3.05, 3.63) is 46.5 Å². The second-order valence-electron chi connectivity index (χ2n) is 6.60. The van der Waals surface area contributed by atoms with E-state index in [1.165, 1.54) is 16.7 Å². The Morgan fingerprint density at radius 3 is 2.42 bits per heavy atom. The van der Waals surface area contributed by atoms with E-state index in [-0.39, 0.29) is 18.2 Å². The average molecular weight is 378 g/mol. The Labute approximate surface area is 159 Å². The molecule has 0 saturated carbocycles. The van der Waals surface area contributed by atoms with Crippen molar-refractivity contribution in [2.75, 3.05) is 27.9 Å². The van der Waals surface area contributed by atoms with Gasteiger partial charge in [-0.25, -0.2) is 0 Å². The van der Waals surface area contributed by atoms with Crippen molar-refractivity contribution >= 4 is 12.4 Å². The Balaban J connectivity index is 0.00000196. The maximum atomic E-state index is 10.1. The first kappa shape index (κ1) is 18.7. The molecule has 1 N–H and O–H groups in total. The van der Waals surface area contributed by atoms with E-state index in [0.29, 0.717) is 11.8 Å². The zero-order chi connectivity index (χ0) is 17.6. The van der Waals surface area contributed by atoms with Crippen LogP contribution >= 0.6 is 12.4 Å². The molecule has 2 aromatic rings. The molecular formula is C20H24ClNO4. The molecule has 1 atom stereocenters. The van der Waals surface area contributed by atoms with Gasteiger partial charge in [0, 0.05) is 24.7 Å². The smallest absolute Gasteiger partial charge is 0.165 e. The fourth-order valence-corrected chi connectivity index (χ4v) is 4.17. The van der Waals surface area contributed by atoms with Crippen LogP contribution in [-0.4, -0.2) is 37.9 Å². The lowest BCUT2D eigenvalue weighted by molar-refractivity contribution is 0.157. The minimum absolute atomic E-state index is 0. The number of aromatic hydroxyl groups is 1. The summed E-state index contributed by atoms with van der Waals surface area (Å²) in [5.41, 5.74) is 4.97. The summed E-state index contributed by atoms with van der Waals surface area (Å²) in [5.74, 6) is 2.38. The van der Waals surface area contributed by atoms with Crippen molar-refractivity contribution in [1.82, 2.24) is 4.90 Å². The van der Waals surface area contributed by atoms with Gasteiger partial charge in [-0.1, -0.05) is 6.07 Å². The van der Waals surface area contributed by atoms with Crippen LogP contribution < -0.4 is 14.2 Å². The molecule has 0 aliphatic carbocycles. The normalized spacial score (nSPS) is 18.0. The third-order valence-electron chi connectivity index (χ3n) is 5.43. The van der Waals surface area contributed by atoms with Gasteiger partial charge in [-0.05, 0) is 47.7 Å². The molecule has 2 heterocycles. The van der Waals surface area contributed by atoms with Gasteiger partial charge >= 0.3 is 0 Å². The van der Waals surface area contributed by atoms with Gasteiger partial charge in [-0.2, -0.15) is 0 Å².